The van der Waals surface area contributed by atoms with E-state index in [2.05, 4.69) is 87.6 Å². The van der Waals surface area contributed by atoms with Crippen molar-refractivity contribution in [3.63, 3.8) is 0 Å². The first kappa shape index (κ1) is 14.5. The number of rotatable bonds is 4. The summed E-state index contributed by atoms with van der Waals surface area (Å²) in [5, 5.41) is 0. The van der Waals surface area contributed by atoms with Crippen LogP contribution >= 0.6 is 0 Å². The minimum absolute atomic E-state index is 0.994. The van der Waals surface area contributed by atoms with Crippen LogP contribution in [0.1, 0.15) is 6.42 Å². The molecule has 1 aromatic heterocycles. The second kappa shape index (κ2) is 6.59. The molecule has 0 spiro atoms. The molecule has 2 heterocycles. The van der Waals surface area contributed by atoms with Crippen LogP contribution in [-0.2, 0) is 0 Å². The standard InChI is InChI=1S/C21H19N3/c1-3-8-18(9-4-1)23-17-7-12-21(23)24(19-10-5-2-6-11-19)20-13-15-22-16-14-20/h1-6,8-16H,7,17H2. The molecule has 24 heavy (non-hydrogen) atoms. The first-order valence-corrected chi connectivity index (χ1v) is 8.21. The third-order valence-corrected chi connectivity index (χ3v) is 4.19. The summed E-state index contributed by atoms with van der Waals surface area (Å²) in [6, 6.07) is 25.1. The van der Waals surface area contributed by atoms with Gasteiger partial charge >= 0.3 is 0 Å². The third-order valence-electron chi connectivity index (χ3n) is 4.19. The molecule has 0 radical (unpaired) electrons. The maximum atomic E-state index is 4.17. The van der Waals surface area contributed by atoms with E-state index in [1.165, 1.54) is 11.5 Å². The zero-order chi connectivity index (χ0) is 16.2. The lowest BCUT2D eigenvalue weighted by Crippen LogP contribution is -2.30. The average molecular weight is 313 g/mol. The zero-order valence-corrected chi connectivity index (χ0v) is 13.4. The van der Waals surface area contributed by atoms with E-state index in [0.29, 0.717) is 0 Å². The summed E-state index contributed by atoms with van der Waals surface area (Å²) in [5.41, 5.74) is 3.49. The molecule has 3 heteroatoms. The van der Waals surface area contributed by atoms with Gasteiger partial charge in [-0.15, -0.1) is 0 Å². The Hall–Kier alpha value is -3.07. The minimum Gasteiger partial charge on any atom is -0.327 e. The van der Waals surface area contributed by atoms with E-state index in [1.54, 1.807) is 0 Å². The van der Waals surface area contributed by atoms with E-state index in [9.17, 15) is 0 Å². The van der Waals surface area contributed by atoms with Crippen LogP contribution in [0, 0.1) is 0 Å². The van der Waals surface area contributed by atoms with Gasteiger partial charge in [-0.2, -0.15) is 0 Å². The molecule has 0 amide bonds. The molecule has 0 aliphatic carbocycles. The highest BCUT2D eigenvalue weighted by atomic mass is 15.3. The highest BCUT2D eigenvalue weighted by Gasteiger charge is 2.24. The minimum atomic E-state index is 0.994. The lowest BCUT2D eigenvalue weighted by atomic mass is 10.2. The number of benzene rings is 2. The van der Waals surface area contributed by atoms with Crippen LogP contribution in [-0.4, -0.2) is 11.5 Å². The smallest absolute Gasteiger partial charge is 0.114 e. The molecule has 1 aliphatic rings. The van der Waals surface area contributed by atoms with Crippen molar-refractivity contribution in [2.75, 3.05) is 16.3 Å². The van der Waals surface area contributed by atoms with Gasteiger partial charge in [0.1, 0.15) is 5.82 Å². The Labute approximate surface area is 142 Å². The molecule has 0 N–H and O–H groups in total. The van der Waals surface area contributed by atoms with Gasteiger partial charge in [0.15, 0.2) is 0 Å². The van der Waals surface area contributed by atoms with Crippen molar-refractivity contribution >= 4 is 17.1 Å². The van der Waals surface area contributed by atoms with Gasteiger partial charge in [-0.05, 0) is 48.9 Å². The van der Waals surface area contributed by atoms with Crippen molar-refractivity contribution in [1.82, 2.24) is 4.98 Å². The van der Waals surface area contributed by atoms with Crippen molar-refractivity contribution in [2.45, 2.75) is 6.42 Å². The predicted molar refractivity (Wildman–Crippen MR) is 99.3 cm³/mol. The molecule has 3 nitrogen and oxygen atoms in total. The topological polar surface area (TPSA) is 19.4 Å². The first-order valence-electron chi connectivity index (χ1n) is 8.21. The Morgan fingerprint density at radius 2 is 1.38 bits per heavy atom. The van der Waals surface area contributed by atoms with Gasteiger partial charge in [-0.25, -0.2) is 0 Å². The van der Waals surface area contributed by atoms with Crippen molar-refractivity contribution in [3.8, 4) is 0 Å². The van der Waals surface area contributed by atoms with Gasteiger partial charge in [0.05, 0.1) is 5.69 Å². The lowest BCUT2D eigenvalue weighted by molar-refractivity contribution is 0.941. The maximum absolute atomic E-state index is 4.17. The summed E-state index contributed by atoms with van der Waals surface area (Å²) in [6.07, 6.45) is 7.03. The molecule has 118 valence electrons. The fraction of sp³-hybridized carbons (Fsp3) is 0.0952. The number of pyridine rings is 1. The quantitative estimate of drug-likeness (QED) is 0.678. The van der Waals surface area contributed by atoms with Crippen LogP contribution in [0.4, 0.5) is 17.1 Å². The molecule has 1 aliphatic heterocycles. The number of hydrogen-bond acceptors (Lipinski definition) is 3. The Morgan fingerprint density at radius 1 is 0.750 bits per heavy atom. The van der Waals surface area contributed by atoms with Gasteiger partial charge in [0.25, 0.3) is 0 Å². The zero-order valence-electron chi connectivity index (χ0n) is 13.4. The molecule has 0 saturated heterocycles. The summed E-state index contributed by atoms with van der Waals surface area (Å²) < 4.78 is 0. The fourth-order valence-electron chi connectivity index (χ4n) is 3.11. The van der Waals surface area contributed by atoms with Crippen molar-refractivity contribution in [3.05, 3.63) is 97.1 Å². The second-order valence-corrected chi connectivity index (χ2v) is 5.71. The van der Waals surface area contributed by atoms with E-state index < -0.39 is 0 Å². The number of aromatic nitrogens is 1. The largest absolute Gasteiger partial charge is 0.327 e. The van der Waals surface area contributed by atoms with Gasteiger partial charge in [0.2, 0.25) is 0 Å². The maximum Gasteiger partial charge on any atom is 0.114 e. The molecule has 0 saturated carbocycles. The van der Waals surface area contributed by atoms with E-state index in [-0.39, 0.29) is 0 Å². The van der Waals surface area contributed by atoms with E-state index in [1.807, 2.05) is 18.5 Å². The lowest BCUT2D eigenvalue weighted by Gasteiger charge is -2.33. The van der Waals surface area contributed by atoms with Crippen LogP contribution in [0.15, 0.2) is 97.1 Å². The van der Waals surface area contributed by atoms with E-state index in [4.69, 9.17) is 0 Å². The van der Waals surface area contributed by atoms with Crippen LogP contribution in [0.25, 0.3) is 0 Å². The molecule has 0 atom stereocenters. The van der Waals surface area contributed by atoms with Crippen LogP contribution in [0.3, 0.4) is 0 Å². The molecule has 4 rings (SSSR count). The number of anilines is 3. The highest BCUT2D eigenvalue weighted by molar-refractivity contribution is 5.72. The van der Waals surface area contributed by atoms with Crippen molar-refractivity contribution in [1.29, 1.82) is 0 Å². The molecule has 0 fully saturated rings. The molecule has 2 aromatic carbocycles. The van der Waals surface area contributed by atoms with Crippen LogP contribution < -0.4 is 9.80 Å². The summed E-state index contributed by atoms with van der Waals surface area (Å²) in [7, 11) is 0. The molecular weight excluding hydrogens is 294 g/mol. The van der Waals surface area contributed by atoms with Gasteiger partial charge < -0.3 is 4.90 Å². The summed E-state index contributed by atoms with van der Waals surface area (Å²) >= 11 is 0. The second-order valence-electron chi connectivity index (χ2n) is 5.71. The molecule has 0 bridgehead atoms. The Kier molecular flexibility index (Phi) is 3.98. The molecular formula is C21H19N3. The van der Waals surface area contributed by atoms with E-state index >= 15 is 0 Å². The SMILES string of the molecule is C1=C(N(c2ccccc2)c2ccncc2)N(c2ccccc2)CC1. The van der Waals surface area contributed by atoms with Crippen LogP contribution in [0.5, 0.6) is 0 Å². The Morgan fingerprint density at radius 3 is 2.08 bits per heavy atom. The number of hydrogen-bond donors (Lipinski definition) is 0. The molecule has 0 unspecified atom stereocenters. The fourth-order valence-corrected chi connectivity index (χ4v) is 3.11. The predicted octanol–water partition coefficient (Wildman–Crippen LogP) is 4.97. The van der Waals surface area contributed by atoms with Crippen molar-refractivity contribution in [2.24, 2.45) is 0 Å². The molecule has 3 aromatic rings. The summed E-state index contributed by atoms with van der Waals surface area (Å²) in [5.74, 6) is 1.19. The summed E-state index contributed by atoms with van der Waals surface area (Å²) in [6.45, 7) is 0.994. The van der Waals surface area contributed by atoms with Crippen LogP contribution in [0.2, 0.25) is 0 Å². The normalized spacial score (nSPS) is 13.7. The number of nitrogens with zero attached hydrogens (tertiary/aromatic N) is 3. The van der Waals surface area contributed by atoms with Gasteiger partial charge in [-0.1, -0.05) is 36.4 Å². The van der Waals surface area contributed by atoms with Gasteiger partial charge in [0, 0.05) is 30.3 Å². The first-order chi connectivity index (χ1) is 11.9. The highest BCUT2D eigenvalue weighted by Crippen LogP contribution is 2.35. The summed E-state index contributed by atoms with van der Waals surface area (Å²) in [4.78, 5) is 8.83. The average Bonchev–Trinajstić information content (AvgIpc) is 3.14. The number of para-hydroxylation sites is 2. The van der Waals surface area contributed by atoms with Gasteiger partial charge in [-0.3, -0.25) is 9.88 Å². The van der Waals surface area contributed by atoms with E-state index in [0.717, 1.165) is 24.3 Å². The Bertz CT molecular complexity index is 774. The third kappa shape index (κ3) is 2.76. The monoisotopic (exact) mass is 313 g/mol. The Balaban J connectivity index is 1.79. The van der Waals surface area contributed by atoms with Crippen molar-refractivity contribution < 1.29 is 0 Å².